The lowest BCUT2D eigenvalue weighted by Gasteiger charge is -2.30. The highest BCUT2D eigenvalue weighted by molar-refractivity contribution is 6.26. The van der Waals surface area contributed by atoms with Gasteiger partial charge in [0.1, 0.15) is 5.75 Å². The second kappa shape index (κ2) is 5.30. The summed E-state index contributed by atoms with van der Waals surface area (Å²) >= 11 is 0. The molecule has 3 aromatic rings. The normalized spacial score (nSPS) is 15.7. The van der Waals surface area contributed by atoms with Gasteiger partial charge in [-0.2, -0.15) is 0 Å². The molecule has 0 unspecified atom stereocenters. The number of carbonyl (C=O) groups excluding carboxylic acids is 2. The lowest BCUT2D eigenvalue weighted by Crippen LogP contribution is -2.45. The molecule has 0 saturated carbocycles. The molecule has 0 radical (unpaired) electrons. The van der Waals surface area contributed by atoms with Crippen molar-refractivity contribution in [1.82, 2.24) is 4.90 Å². The summed E-state index contributed by atoms with van der Waals surface area (Å²) in [5.41, 5.74) is 1.07. The Kier molecular flexibility index (Phi) is 3.04. The zero-order chi connectivity index (χ0) is 17.8. The fraction of sp³-hybridized carbons (Fsp3) is 0.0909. The summed E-state index contributed by atoms with van der Waals surface area (Å²) in [4.78, 5) is 27.7. The highest BCUT2D eigenvalue weighted by atomic mass is 16.5. The summed E-state index contributed by atoms with van der Waals surface area (Å²) in [6, 6.07) is 16.5. The van der Waals surface area contributed by atoms with Gasteiger partial charge in [0.15, 0.2) is 0 Å². The van der Waals surface area contributed by atoms with E-state index in [0.717, 1.165) is 15.8 Å². The summed E-state index contributed by atoms with van der Waals surface area (Å²) in [6.45, 7) is 0. The van der Waals surface area contributed by atoms with Gasteiger partial charge in [-0.3, -0.25) is 14.5 Å². The predicted molar refractivity (Wildman–Crippen MR) is 99.4 cm³/mol. The summed E-state index contributed by atoms with van der Waals surface area (Å²) in [5.74, 6) is 0.115. The first-order valence-corrected chi connectivity index (χ1v) is 8.45. The van der Waals surface area contributed by atoms with E-state index in [-0.39, 0.29) is 17.9 Å². The Bertz CT molecular complexity index is 1170. The third-order valence-electron chi connectivity index (χ3n) is 5.11. The van der Waals surface area contributed by atoms with Gasteiger partial charge in [0.2, 0.25) is 0 Å². The van der Waals surface area contributed by atoms with E-state index in [1.54, 1.807) is 25.3 Å². The molecule has 2 aliphatic rings. The van der Waals surface area contributed by atoms with Gasteiger partial charge in [-0.05, 0) is 40.8 Å². The van der Waals surface area contributed by atoms with Crippen molar-refractivity contribution in [3.8, 4) is 5.75 Å². The molecule has 0 spiro atoms. The number of hydrogen-bond donors (Lipinski definition) is 0. The maximum Gasteiger partial charge on any atom is 0.262 e. The Hall–Kier alpha value is -3.40. The molecule has 0 atom stereocenters. The number of methoxy groups -OCH3 is 1. The molecule has 126 valence electrons. The monoisotopic (exact) mass is 341 g/mol. The third kappa shape index (κ3) is 1.90. The number of amides is 2. The average molecular weight is 341 g/mol. The first kappa shape index (κ1) is 14.9. The number of hydrogen-bond acceptors (Lipinski definition) is 3. The molecule has 4 heteroatoms. The van der Waals surface area contributed by atoms with E-state index in [2.05, 4.69) is 0 Å². The van der Waals surface area contributed by atoms with Crippen molar-refractivity contribution in [1.29, 1.82) is 0 Å². The second-order valence-corrected chi connectivity index (χ2v) is 6.48. The topological polar surface area (TPSA) is 46.6 Å². The van der Waals surface area contributed by atoms with E-state index in [0.29, 0.717) is 22.3 Å². The van der Waals surface area contributed by atoms with Crippen LogP contribution in [0.4, 0.5) is 0 Å². The van der Waals surface area contributed by atoms with E-state index in [9.17, 15) is 9.59 Å². The van der Waals surface area contributed by atoms with E-state index >= 15 is 0 Å². The van der Waals surface area contributed by atoms with Crippen molar-refractivity contribution < 1.29 is 14.3 Å². The SMILES string of the molecule is COc1ccc2c3c(cccc13)C(=O)N(C1C=c3ccccc3=C1)C2=O. The zero-order valence-electron chi connectivity index (χ0n) is 14.1. The molecule has 0 fully saturated rings. The third-order valence-corrected chi connectivity index (χ3v) is 5.11. The zero-order valence-corrected chi connectivity index (χ0v) is 14.1. The van der Waals surface area contributed by atoms with Crippen LogP contribution in [0.1, 0.15) is 20.7 Å². The van der Waals surface area contributed by atoms with Crippen LogP contribution in [0.2, 0.25) is 0 Å². The van der Waals surface area contributed by atoms with Crippen molar-refractivity contribution in [2.24, 2.45) is 0 Å². The minimum atomic E-state index is -0.377. The van der Waals surface area contributed by atoms with Crippen LogP contribution < -0.4 is 15.2 Å². The Morgan fingerprint density at radius 3 is 2.12 bits per heavy atom. The molecular weight excluding hydrogens is 326 g/mol. The van der Waals surface area contributed by atoms with Gasteiger partial charge < -0.3 is 4.74 Å². The van der Waals surface area contributed by atoms with Crippen LogP contribution in [-0.2, 0) is 0 Å². The highest BCUT2D eigenvalue weighted by Gasteiger charge is 2.37. The minimum absolute atomic E-state index is 0.272. The second-order valence-electron chi connectivity index (χ2n) is 6.48. The quantitative estimate of drug-likeness (QED) is 0.671. The Balaban J connectivity index is 1.72. The van der Waals surface area contributed by atoms with Gasteiger partial charge >= 0.3 is 0 Å². The standard InChI is InChI=1S/C22H15NO3/c1-26-19-10-9-18-20-16(19)7-4-8-17(20)21(24)23(22(18)25)15-11-13-5-2-3-6-14(13)12-15/h2-12,15H,1H3. The van der Waals surface area contributed by atoms with Crippen LogP contribution in [0.5, 0.6) is 5.75 Å². The van der Waals surface area contributed by atoms with Crippen molar-refractivity contribution in [3.05, 3.63) is 76.2 Å². The number of benzene rings is 3. The fourth-order valence-corrected chi connectivity index (χ4v) is 3.92. The Labute approximate surface area is 149 Å². The molecule has 5 rings (SSSR count). The van der Waals surface area contributed by atoms with Crippen LogP contribution in [-0.4, -0.2) is 29.9 Å². The van der Waals surface area contributed by atoms with Crippen molar-refractivity contribution in [2.75, 3.05) is 7.11 Å². The lowest BCUT2D eigenvalue weighted by molar-refractivity contribution is 0.0609. The number of imide groups is 1. The first-order chi connectivity index (χ1) is 12.7. The van der Waals surface area contributed by atoms with Gasteiger partial charge in [0, 0.05) is 21.9 Å². The van der Waals surface area contributed by atoms with E-state index in [4.69, 9.17) is 4.74 Å². The molecule has 4 nitrogen and oxygen atoms in total. The van der Waals surface area contributed by atoms with Crippen molar-refractivity contribution >= 4 is 34.7 Å². The molecule has 0 N–H and O–H groups in total. The Morgan fingerprint density at radius 2 is 1.46 bits per heavy atom. The fourth-order valence-electron chi connectivity index (χ4n) is 3.92. The maximum atomic E-state index is 13.2. The van der Waals surface area contributed by atoms with Gasteiger partial charge in [-0.15, -0.1) is 0 Å². The summed E-state index contributed by atoms with van der Waals surface area (Å²) < 4.78 is 5.40. The van der Waals surface area contributed by atoms with Gasteiger partial charge in [0.05, 0.1) is 13.2 Å². The van der Waals surface area contributed by atoms with Gasteiger partial charge in [-0.1, -0.05) is 36.4 Å². The first-order valence-electron chi connectivity index (χ1n) is 8.45. The summed E-state index contributed by atoms with van der Waals surface area (Å²) in [5, 5.41) is 3.54. The van der Waals surface area contributed by atoms with Crippen LogP contribution in [0.15, 0.2) is 54.6 Å². The van der Waals surface area contributed by atoms with Crippen LogP contribution in [0, 0.1) is 0 Å². The molecule has 0 saturated heterocycles. The van der Waals surface area contributed by atoms with Crippen LogP contribution in [0.3, 0.4) is 0 Å². The van der Waals surface area contributed by atoms with E-state index in [1.165, 1.54) is 4.90 Å². The molecule has 2 amide bonds. The average Bonchev–Trinajstić information content (AvgIpc) is 3.09. The molecule has 0 aromatic heterocycles. The van der Waals surface area contributed by atoms with Gasteiger partial charge in [0.25, 0.3) is 11.8 Å². The smallest absolute Gasteiger partial charge is 0.262 e. The predicted octanol–water partition coefficient (Wildman–Crippen LogP) is 2.09. The number of rotatable bonds is 2. The molecule has 1 heterocycles. The van der Waals surface area contributed by atoms with Gasteiger partial charge in [-0.25, -0.2) is 0 Å². The molecule has 1 aliphatic carbocycles. The van der Waals surface area contributed by atoms with Crippen molar-refractivity contribution in [3.63, 3.8) is 0 Å². The molecule has 1 aliphatic heterocycles. The van der Waals surface area contributed by atoms with Crippen LogP contribution in [0.25, 0.3) is 22.9 Å². The molecule has 26 heavy (non-hydrogen) atoms. The Morgan fingerprint density at radius 1 is 0.808 bits per heavy atom. The number of nitrogens with zero attached hydrogens (tertiary/aromatic N) is 1. The number of fused-ring (bicyclic) bond motifs is 1. The molecular formula is C22H15NO3. The van der Waals surface area contributed by atoms with Crippen molar-refractivity contribution in [2.45, 2.75) is 6.04 Å². The largest absolute Gasteiger partial charge is 0.496 e. The van der Waals surface area contributed by atoms with E-state index < -0.39 is 0 Å². The molecule has 0 bridgehead atoms. The lowest BCUT2D eigenvalue weighted by atomic mass is 9.92. The summed E-state index contributed by atoms with van der Waals surface area (Å²) in [6.07, 6.45) is 3.92. The molecule has 3 aromatic carbocycles. The van der Waals surface area contributed by atoms with Crippen LogP contribution >= 0.6 is 0 Å². The highest BCUT2D eigenvalue weighted by Crippen LogP contribution is 2.36. The number of carbonyl (C=O) groups is 2. The maximum absolute atomic E-state index is 13.2. The van der Waals surface area contributed by atoms with E-state index in [1.807, 2.05) is 48.6 Å². The summed E-state index contributed by atoms with van der Waals surface area (Å²) in [7, 11) is 1.59. The number of ether oxygens (including phenoxy) is 1. The minimum Gasteiger partial charge on any atom is -0.496 e.